The van der Waals surface area contributed by atoms with E-state index in [0.29, 0.717) is 11.3 Å². The average Bonchev–Trinajstić information content (AvgIpc) is 2.25. The van der Waals surface area contributed by atoms with Gasteiger partial charge in [-0.15, -0.1) is 0 Å². The molecule has 0 fully saturated rings. The van der Waals surface area contributed by atoms with Gasteiger partial charge in [0.1, 0.15) is 0 Å². The maximum atomic E-state index is 11.2. The molecule has 1 aromatic carbocycles. The molecule has 82 valence electrons. The summed E-state index contributed by atoms with van der Waals surface area (Å²) in [6, 6.07) is 11.6. The first-order valence-corrected chi connectivity index (χ1v) is 5.42. The molecule has 1 N–H and O–H groups in total. The number of rotatable bonds is 2. The van der Waals surface area contributed by atoms with Gasteiger partial charge in [-0.2, -0.15) is 0 Å². The first-order valence-electron chi connectivity index (χ1n) is 5.01. The van der Waals surface area contributed by atoms with Gasteiger partial charge in [0.05, 0.1) is 0 Å². The van der Waals surface area contributed by atoms with E-state index in [1.165, 1.54) is 0 Å². The van der Waals surface area contributed by atoms with Crippen molar-refractivity contribution < 1.29 is 0 Å². The highest BCUT2D eigenvalue weighted by Gasteiger charge is 2.00. The largest absolute Gasteiger partial charge is 0.318 e. The monoisotopic (exact) mass is 232 g/mol. The van der Waals surface area contributed by atoms with Crippen LogP contribution in [0.5, 0.6) is 0 Å². The summed E-state index contributed by atoms with van der Waals surface area (Å²) in [4.78, 5) is 13.8. The van der Waals surface area contributed by atoms with Crippen LogP contribution in [0.2, 0.25) is 0 Å². The first kappa shape index (κ1) is 10.8. The fourth-order valence-electron chi connectivity index (χ4n) is 1.60. The number of aromatic amines is 1. The van der Waals surface area contributed by atoms with Gasteiger partial charge in [-0.3, -0.25) is 9.78 Å². The summed E-state index contributed by atoms with van der Waals surface area (Å²) in [5.41, 5.74) is 1.89. The minimum atomic E-state index is -0.146. The summed E-state index contributed by atoms with van der Waals surface area (Å²) >= 11 is 5.13. The molecule has 2 rings (SSSR count). The Morgan fingerprint density at radius 3 is 2.62 bits per heavy atom. The van der Waals surface area contributed by atoms with Crippen molar-refractivity contribution in [3.8, 4) is 0 Å². The van der Waals surface area contributed by atoms with Crippen LogP contribution in [0.25, 0.3) is 0 Å². The van der Waals surface area contributed by atoms with Crippen LogP contribution in [0.15, 0.2) is 41.2 Å². The first-order chi connectivity index (χ1) is 7.66. The van der Waals surface area contributed by atoms with Crippen molar-refractivity contribution in [2.24, 2.45) is 0 Å². The van der Waals surface area contributed by atoms with E-state index in [-0.39, 0.29) is 5.56 Å². The normalized spacial score (nSPS) is 10.3. The summed E-state index contributed by atoms with van der Waals surface area (Å²) in [7, 11) is 0. The number of nitrogens with one attached hydrogen (secondary N) is 1. The van der Waals surface area contributed by atoms with Crippen LogP contribution in [0.4, 0.5) is 0 Å². The lowest BCUT2D eigenvalue weighted by atomic mass is 10.2. The van der Waals surface area contributed by atoms with Crippen LogP contribution >= 0.6 is 12.2 Å². The van der Waals surface area contributed by atoms with Gasteiger partial charge in [0, 0.05) is 18.3 Å². The number of H-pyrrole nitrogens is 1. The Hall–Kier alpha value is -1.68. The molecule has 0 spiro atoms. The van der Waals surface area contributed by atoms with Gasteiger partial charge in [-0.1, -0.05) is 30.3 Å². The average molecular weight is 232 g/mol. The second-order valence-corrected chi connectivity index (χ2v) is 4.04. The number of aryl methyl sites for hydroxylation is 1. The summed E-state index contributed by atoms with van der Waals surface area (Å²) in [6.45, 7) is 2.57. The highest BCUT2D eigenvalue weighted by atomic mass is 32.1. The Kier molecular flexibility index (Phi) is 3.01. The van der Waals surface area contributed by atoms with Crippen molar-refractivity contribution >= 4 is 12.2 Å². The van der Waals surface area contributed by atoms with Gasteiger partial charge in [0.2, 0.25) is 0 Å². The third kappa shape index (κ3) is 2.28. The van der Waals surface area contributed by atoms with Crippen LogP contribution in [0.1, 0.15) is 11.3 Å². The Morgan fingerprint density at radius 2 is 2.00 bits per heavy atom. The fourth-order valence-corrected chi connectivity index (χ4v) is 1.91. The van der Waals surface area contributed by atoms with E-state index in [4.69, 9.17) is 12.2 Å². The zero-order chi connectivity index (χ0) is 11.5. The molecule has 0 atom stereocenters. The molecule has 0 bridgehead atoms. The number of hydrogen-bond acceptors (Lipinski definition) is 2. The number of aromatic nitrogens is 2. The molecule has 4 heteroatoms. The van der Waals surface area contributed by atoms with Crippen molar-refractivity contribution in [3.05, 3.63) is 62.8 Å². The lowest BCUT2D eigenvalue weighted by Crippen LogP contribution is -2.15. The molecule has 0 unspecified atom stereocenters. The van der Waals surface area contributed by atoms with Crippen LogP contribution in [-0.2, 0) is 6.54 Å². The van der Waals surface area contributed by atoms with E-state index in [1.807, 2.05) is 41.8 Å². The Bertz CT molecular complexity index is 598. The molecule has 0 radical (unpaired) electrons. The van der Waals surface area contributed by atoms with Crippen molar-refractivity contribution in [2.75, 3.05) is 0 Å². The summed E-state index contributed by atoms with van der Waals surface area (Å²) in [5.74, 6) is 0. The van der Waals surface area contributed by atoms with E-state index >= 15 is 0 Å². The zero-order valence-corrected chi connectivity index (χ0v) is 9.75. The van der Waals surface area contributed by atoms with Crippen LogP contribution in [0.3, 0.4) is 0 Å². The summed E-state index contributed by atoms with van der Waals surface area (Å²) in [6.07, 6.45) is 0. The van der Waals surface area contributed by atoms with E-state index in [2.05, 4.69) is 4.98 Å². The molecular weight excluding hydrogens is 220 g/mol. The van der Waals surface area contributed by atoms with Crippen molar-refractivity contribution in [3.63, 3.8) is 0 Å². The van der Waals surface area contributed by atoms with Crippen LogP contribution in [0, 0.1) is 11.7 Å². The lowest BCUT2D eigenvalue weighted by molar-refractivity contribution is 0.716. The summed E-state index contributed by atoms with van der Waals surface area (Å²) in [5, 5.41) is 0. The quantitative estimate of drug-likeness (QED) is 0.806. The summed E-state index contributed by atoms with van der Waals surface area (Å²) < 4.78 is 2.38. The molecule has 0 aliphatic heterocycles. The maximum Gasteiger partial charge on any atom is 0.251 e. The van der Waals surface area contributed by atoms with Gasteiger partial charge < -0.3 is 4.57 Å². The third-order valence-corrected chi connectivity index (χ3v) is 2.75. The van der Waals surface area contributed by atoms with E-state index in [9.17, 15) is 4.79 Å². The molecule has 0 aliphatic rings. The predicted octanol–water partition coefficient (Wildman–Crippen LogP) is 2.26. The van der Waals surface area contributed by atoms with Gasteiger partial charge in [-0.25, -0.2) is 0 Å². The van der Waals surface area contributed by atoms with Gasteiger partial charge in [0.15, 0.2) is 4.77 Å². The van der Waals surface area contributed by atoms with E-state index < -0.39 is 0 Å². The minimum absolute atomic E-state index is 0.146. The third-order valence-electron chi connectivity index (χ3n) is 2.42. The fraction of sp³-hybridized carbons (Fsp3) is 0.167. The Labute approximate surface area is 98.4 Å². The number of hydrogen-bond donors (Lipinski definition) is 1. The van der Waals surface area contributed by atoms with Gasteiger partial charge in [0.25, 0.3) is 5.56 Å². The Balaban J connectivity index is 2.43. The molecule has 0 aliphatic carbocycles. The number of nitrogens with zero attached hydrogens (tertiary/aromatic N) is 1. The Morgan fingerprint density at radius 1 is 1.31 bits per heavy atom. The second-order valence-electron chi connectivity index (χ2n) is 3.65. The van der Waals surface area contributed by atoms with Crippen molar-refractivity contribution in [2.45, 2.75) is 13.5 Å². The molecule has 2 aromatic rings. The standard InChI is InChI=1S/C12H12N2OS/c1-9-7-11(15)13-12(16)14(9)8-10-5-3-2-4-6-10/h2-7H,8H2,1H3,(H,13,15,16). The highest BCUT2D eigenvalue weighted by Crippen LogP contribution is 2.04. The molecule has 3 nitrogen and oxygen atoms in total. The van der Waals surface area contributed by atoms with Gasteiger partial charge >= 0.3 is 0 Å². The van der Waals surface area contributed by atoms with Crippen LogP contribution < -0.4 is 5.56 Å². The van der Waals surface area contributed by atoms with Crippen LogP contribution in [-0.4, -0.2) is 9.55 Å². The maximum absolute atomic E-state index is 11.2. The minimum Gasteiger partial charge on any atom is -0.318 e. The SMILES string of the molecule is Cc1cc(=O)[nH]c(=S)n1Cc1ccccc1. The number of benzene rings is 1. The smallest absolute Gasteiger partial charge is 0.251 e. The predicted molar refractivity (Wildman–Crippen MR) is 66.2 cm³/mol. The molecule has 0 saturated heterocycles. The van der Waals surface area contributed by atoms with Gasteiger partial charge in [-0.05, 0) is 24.7 Å². The van der Waals surface area contributed by atoms with Crippen molar-refractivity contribution in [1.29, 1.82) is 0 Å². The second kappa shape index (κ2) is 4.45. The zero-order valence-electron chi connectivity index (χ0n) is 8.93. The topological polar surface area (TPSA) is 37.8 Å². The van der Waals surface area contributed by atoms with Crippen molar-refractivity contribution in [1.82, 2.24) is 9.55 Å². The highest BCUT2D eigenvalue weighted by molar-refractivity contribution is 7.71. The molecule has 0 amide bonds. The van der Waals surface area contributed by atoms with E-state index in [0.717, 1.165) is 11.3 Å². The molecule has 0 saturated carbocycles. The molecule has 1 heterocycles. The molecule has 1 aromatic heterocycles. The molecule has 16 heavy (non-hydrogen) atoms. The van der Waals surface area contributed by atoms with E-state index in [1.54, 1.807) is 6.07 Å². The molecular formula is C12H12N2OS. The lowest BCUT2D eigenvalue weighted by Gasteiger charge is -2.09.